The number of para-hydroxylation sites is 1. The predicted molar refractivity (Wildman–Crippen MR) is 69.4 cm³/mol. The van der Waals surface area contributed by atoms with Crippen molar-refractivity contribution in [1.29, 1.82) is 0 Å². The van der Waals surface area contributed by atoms with Gasteiger partial charge in [-0.3, -0.25) is 0 Å². The Balaban J connectivity index is 2.37. The molecule has 0 aliphatic carbocycles. The molecule has 0 saturated heterocycles. The van der Waals surface area contributed by atoms with Crippen LogP contribution in [0.2, 0.25) is 0 Å². The number of amidine groups is 1. The smallest absolute Gasteiger partial charge is 0.139 e. The fourth-order valence-corrected chi connectivity index (χ4v) is 1.91. The summed E-state index contributed by atoms with van der Waals surface area (Å²) in [5.74, 6) is 0.278. The lowest BCUT2D eigenvalue weighted by Gasteiger charge is -2.09. The molecule has 0 radical (unpaired) electrons. The van der Waals surface area contributed by atoms with Crippen LogP contribution in [-0.2, 0) is 0 Å². The Bertz CT molecular complexity index is 355. The zero-order chi connectivity index (χ0) is 11.8. The molecule has 0 amide bonds. The molecule has 88 valence electrons. The summed E-state index contributed by atoms with van der Waals surface area (Å²) in [6, 6.07) is 8.16. The Kier molecular flexibility index (Phi) is 5.56. The quantitative estimate of drug-likeness (QED) is 0.178. The molecule has 0 spiro atoms. The number of thioether (sulfide) groups is 1. The van der Waals surface area contributed by atoms with E-state index in [-0.39, 0.29) is 5.84 Å². The molecule has 0 aromatic heterocycles. The van der Waals surface area contributed by atoms with Gasteiger partial charge in [0.2, 0.25) is 0 Å². The Morgan fingerprint density at radius 2 is 2.25 bits per heavy atom. The molecular weight excluding hydrogens is 222 g/mol. The van der Waals surface area contributed by atoms with Crippen molar-refractivity contribution in [3.05, 3.63) is 24.3 Å². The van der Waals surface area contributed by atoms with Gasteiger partial charge >= 0.3 is 0 Å². The van der Waals surface area contributed by atoms with Gasteiger partial charge in [-0.05, 0) is 24.8 Å². The molecular formula is C11H17N3OS. The zero-order valence-corrected chi connectivity index (χ0v) is 10.1. The summed E-state index contributed by atoms with van der Waals surface area (Å²) in [6.45, 7) is 0.813. The second-order valence-electron chi connectivity index (χ2n) is 3.32. The third-order valence-corrected chi connectivity index (χ3v) is 2.96. The van der Waals surface area contributed by atoms with Crippen LogP contribution >= 0.6 is 11.8 Å². The molecule has 0 saturated carbocycles. The minimum absolute atomic E-state index is 0.278. The first-order valence-corrected chi connectivity index (χ1v) is 6.33. The van der Waals surface area contributed by atoms with E-state index in [4.69, 9.17) is 10.9 Å². The van der Waals surface area contributed by atoms with Gasteiger partial charge in [0.05, 0.1) is 0 Å². The van der Waals surface area contributed by atoms with Crippen molar-refractivity contribution >= 4 is 23.3 Å². The lowest BCUT2D eigenvalue weighted by atomic mass is 10.2. The summed E-state index contributed by atoms with van der Waals surface area (Å²) >= 11 is 1.71. The highest BCUT2D eigenvalue weighted by Gasteiger charge is 1.99. The minimum Gasteiger partial charge on any atom is -0.409 e. The lowest BCUT2D eigenvalue weighted by Crippen LogP contribution is -2.13. The molecule has 1 aromatic rings. The first-order chi connectivity index (χ1) is 7.77. The molecule has 1 aromatic carbocycles. The van der Waals surface area contributed by atoms with E-state index >= 15 is 0 Å². The van der Waals surface area contributed by atoms with Crippen LogP contribution in [0, 0.1) is 0 Å². The van der Waals surface area contributed by atoms with Crippen LogP contribution in [0.4, 0.5) is 5.69 Å². The van der Waals surface area contributed by atoms with Gasteiger partial charge in [0.1, 0.15) is 5.84 Å². The van der Waals surface area contributed by atoms with Crippen molar-refractivity contribution in [2.45, 2.75) is 17.7 Å². The van der Waals surface area contributed by atoms with Gasteiger partial charge < -0.3 is 16.3 Å². The number of nitrogens with one attached hydrogen (secondary N) is 1. The van der Waals surface area contributed by atoms with Crippen LogP contribution in [0.1, 0.15) is 12.8 Å². The molecule has 0 heterocycles. The summed E-state index contributed by atoms with van der Waals surface area (Å²) in [5, 5.41) is 14.6. The van der Waals surface area contributed by atoms with E-state index in [0.717, 1.165) is 18.7 Å². The van der Waals surface area contributed by atoms with Gasteiger partial charge in [-0.15, -0.1) is 11.8 Å². The number of nitrogens with two attached hydrogens (primary N) is 1. The van der Waals surface area contributed by atoms with Gasteiger partial charge in [-0.2, -0.15) is 0 Å². The molecule has 4 nitrogen and oxygen atoms in total. The van der Waals surface area contributed by atoms with Crippen molar-refractivity contribution < 1.29 is 5.21 Å². The number of nitrogens with zero attached hydrogens (tertiary/aromatic N) is 1. The maximum atomic E-state index is 8.37. The highest BCUT2D eigenvalue weighted by molar-refractivity contribution is 7.98. The molecule has 1 rings (SSSR count). The average Bonchev–Trinajstić information content (AvgIpc) is 2.34. The fraction of sp³-hybridized carbons (Fsp3) is 0.364. The first-order valence-electron chi connectivity index (χ1n) is 5.11. The van der Waals surface area contributed by atoms with Crippen molar-refractivity contribution in [2.75, 3.05) is 18.1 Å². The topological polar surface area (TPSA) is 70.6 Å². The molecule has 4 N–H and O–H groups in total. The average molecular weight is 239 g/mol. The van der Waals surface area contributed by atoms with E-state index in [1.54, 1.807) is 11.8 Å². The molecule has 0 unspecified atom stereocenters. The van der Waals surface area contributed by atoms with Gasteiger partial charge in [-0.25, -0.2) is 0 Å². The molecule has 5 heteroatoms. The number of hydrogen-bond donors (Lipinski definition) is 3. The van der Waals surface area contributed by atoms with E-state index in [2.05, 4.69) is 28.9 Å². The number of anilines is 1. The Morgan fingerprint density at radius 1 is 1.50 bits per heavy atom. The number of rotatable bonds is 6. The normalized spacial score (nSPS) is 11.4. The largest absolute Gasteiger partial charge is 0.409 e. The number of hydrogen-bond acceptors (Lipinski definition) is 4. The Labute approximate surface area is 99.9 Å². The van der Waals surface area contributed by atoms with Gasteiger partial charge in [0.15, 0.2) is 0 Å². The SMILES string of the molecule is CSc1ccccc1NCCC/C(N)=N/O. The zero-order valence-electron chi connectivity index (χ0n) is 9.31. The van der Waals surface area contributed by atoms with Crippen LogP contribution in [0.5, 0.6) is 0 Å². The Hall–Kier alpha value is -1.36. The highest BCUT2D eigenvalue weighted by atomic mass is 32.2. The maximum Gasteiger partial charge on any atom is 0.139 e. The van der Waals surface area contributed by atoms with Crippen molar-refractivity contribution in [3.8, 4) is 0 Å². The minimum atomic E-state index is 0.278. The summed E-state index contributed by atoms with van der Waals surface area (Å²) in [7, 11) is 0. The second-order valence-corrected chi connectivity index (χ2v) is 4.17. The first kappa shape index (κ1) is 12.7. The van der Waals surface area contributed by atoms with E-state index in [1.807, 2.05) is 12.1 Å². The van der Waals surface area contributed by atoms with Gasteiger partial charge in [-0.1, -0.05) is 17.3 Å². The number of oxime groups is 1. The Morgan fingerprint density at radius 3 is 2.94 bits per heavy atom. The fourth-order valence-electron chi connectivity index (χ4n) is 1.33. The highest BCUT2D eigenvalue weighted by Crippen LogP contribution is 2.24. The molecule has 0 bridgehead atoms. The van der Waals surface area contributed by atoms with Crippen LogP contribution in [0.15, 0.2) is 34.3 Å². The van der Waals surface area contributed by atoms with E-state index in [0.29, 0.717) is 6.42 Å². The van der Waals surface area contributed by atoms with Gasteiger partial charge in [0, 0.05) is 23.5 Å². The molecule has 0 aliphatic rings. The second kappa shape index (κ2) is 7.00. The van der Waals surface area contributed by atoms with Crippen LogP contribution in [0.3, 0.4) is 0 Å². The van der Waals surface area contributed by atoms with Crippen LogP contribution < -0.4 is 11.1 Å². The van der Waals surface area contributed by atoms with Crippen LogP contribution in [0.25, 0.3) is 0 Å². The molecule has 0 aliphatic heterocycles. The van der Waals surface area contributed by atoms with Crippen LogP contribution in [-0.4, -0.2) is 23.8 Å². The van der Waals surface area contributed by atoms with Crippen molar-refractivity contribution in [3.63, 3.8) is 0 Å². The summed E-state index contributed by atoms with van der Waals surface area (Å²) in [6.07, 6.45) is 3.50. The monoisotopic (exact) mass is 239 g/mol. The third-order valence-electron chi connectivity index (χ3n) is 2.16. The van der Waals surface area contributed by atoms with E-state index < -0.39 is 0 Å². The number of benzene rings is 1. The summed E-state index contributed by atoms with van der Waals surface area (Å²) < 4.78 is 0. The summed E-state index contributed by atoms with van der Waals surface area (Å²) in [5.41, 5.74) is 6.51. The van der Waals surface area contributed by atoms with E-state index in [1.165, 1.54) is 4.90 Å². The summed E-state index contributed by atoms with van der Waals surface area (Å²) in [4.78, 5) is 1.23. The van der Waals surface area contributed by atoms with E-state index in [9.17, 15) is 0 Å². The molecule has 16 heavy (non-hydrogen) atoms. The van der Waals surface area contributed by atoms with Gasteiger partial charge in [0.25, 0.3) is 0 Å². The molecule has 0 fully saturated rings. The maximum absolute atomic E-state index is 8.37. The lowest BCUT2D eigenvalue weighted by molar-refractivity contribution is 0.316. The molecule has 0 atom stereocenters. The van der Waals surface area contributed by atoms with Crippen molar-refractivity contribution in [1.82, 2.24) is 0 Å². The standard InChI is InChI=1S/C11H17N3OS/c1-16-10-6-3-2-5-9(10)13-8-4-7-11(12)14-15/h2-3,5-6,13,15H,4,7-8H2,1H3,(H2,12,14). The third kappa shape index (κ3) is 4.02. The predicted octanol–water partition coefficient (Wildman–Crippen LogP) is 2.35. The van der Waals surface area contributed by atoms with Crippen molar-refractivity contribution in [2.24, 2.45) is 10.9 Å².